The monoisotopic (exact) mass is 802 g/mol. The molecule has 1 aliphatic rings. The van der Waals surface area contributed by atoms with E-state index < -0.39 is 0 Å². The molecule has 294 valence electrons. The highest BCUT2D eigenvalue weighted by Gasteiger charge is 2.39. The van der Waals surface area contributed by atoms with E-state index in [2.05, 4.69) is 217 Å². The van der Waals surface area contributed by atoms with E-state index in [0.717, 1.165) is 39.1 Å². The molecular formula is C59H38N4. The van der Waals surface area contributed by atoms with Crippen LogP contribution < -0.4 is 0 Å². The summed E-state index contributed by atoms with van der Waals surface area (Å²) in [6.45, 7) is 4.78. The van der Waals surface area contributed by atoms with E-state index in [1.54, 1.807) is 0 Å². The van der Waals surface area contributed by atoms with Gasteiger partial charge in [-0.2, -0.15) is 4.98 Å². The zero-order valence-electron chi connectivity index (χ0n) is 34.8. The Labute approximate surface area is 362 Å². The molecule has 4 heteroatoms. The van der Waals surface area contributed by atoms with Gasteiger partial charge in [0.05, 0.1) is 27.8 Å². The number of fused-ring (bicyclic) bond motifs is 20. The summed E-state index contributed by atoms with van der Waals surface area (Å²) in [6, 6.07) is 70.8. The molecule has 0 bridgehead atoms. The summed E-state index contributed by atoms with van der Waals surface area (Å²) in [5, 5.41) is 14.7. The van der Waals surface area contributed by atoms with Crippen molar-refractivity contribution in [3.8, 4) is 34.2 Å². The summed E-state index contributed by atoms with van der Waals surface area (Å²) in [5.41, 5.74) is 11.3. The minimum absolute atomic E-state index is 0.315. The second-order valence-electron chi connectivity index (χ2n) is 17.6. The molecule has 14 rings (SSSR count). The van der Waals surface area contributed by atoms with Gasteiger partial charge in [0.15, 0.2) is 0 Å². The fourth-order valence-electron chi connectivity index (χ4n) is 11.5. The Morgan fingerprint density at radius 1 is 0.381 bits per heavy atom. The van der Waals surface area contributed by atoms with Crippen LogP contribution in [-0.2, 0) is 5.41 Å². The molecule has 1 aliphatic carbocycles. The maximum Gasteiger partial charge on any atom is 0.237 e. The Morgan fingerprint density at radius 2 is 0.905 bits per heavy atom. The molecule has 0 spiro atoms. The molecule has 63 heavy (non-hydrogen) atoms. The Hall–Kier alpha value is -8.08. The van der Waals surface area contributed by atoms with Crippen LogP contribution in [0, 0.1) is 0 Å². The zero-order chi connectivity index (χ0) is 41.6. The van der Waals surface area contributed by atoms with Gasteiger partial charge < -0.3 is 0 Å². The average Bonchev–Trinajstić information content (AvgIpc) is 3.95. The SMILES string of the molecule is CC1(C)c2ccccc2-c2ccc3c4c5ccccc5c5c6ccccc6c6ccccc6c5c4n(-c4nc(-c5ccccc5)cc(-n5c6ccccc6c6ccccc65)n4)c3c21. The summed E-state index contributed by atoms with van der Waals surface area (Å²) in [7, 11) is 0. The van der Waals surface area contributed by atoms with Gasteiger partial charge in [0.25, 0.3) is 0 Å². The number of hydrogen-bond donors (Lipinski definition) is 0. The Morgan fingerprint density at radius 3 is 1.57 bits per heavy atom. The average molecular weight is 803 g/mol. The van der Waals surface area contributed by atoms with Crippen LogP contribution in [-0.4, -0.2) is 19.1 Å². The van der Waals surface area contributed by atoms with E-state index >= 15 is 0 Å². The van der Waals surface area contributed by atoms with Crippen molar-refractivity contribution < 1.29 is 0 Å². The van der Waals surface area contributed by atoms with Crippen LogP contribution in [0.2, 0.25) is 0 Å². The molecule has 0 atom stereocenters. The van der Waals surface area contributed by atoms with Gasteiger partial charge in [-0.1, -0.05) is 190 Å². The van der Waals surface area contributed by atoms with E-state index in [0.29, 0.717) is 5.95 Å². The number of para-hydroxylation sites is 2. The lowest BCUT2D eigenvalue weighted by Crippen LogP contribution is -2.17. The predicted octanol–water partition coefficient (Wildman–Crippen LogP) is 15.3. The van der Waals surface area contributed by atoms with Crippen LogP contribution in [0.5, 0.6) is 0 Å². The van der Waals surface area contributed by atoms with Gasteiger partial charge in [0.1, 0.15) is 5.82 Å². The highest BCUT2D eigenvalue weighted by atomic mass is 15.2. The van der Waals surface area contributed by atoms with Crippen LogP contribution in [0.15, 0.2) is 194 Å². The Balaban J connectivity index is 1.27. The van der Waals surface area contributed by atoms with Crippen LogP contribution in [0.25, 0.3) is 121 Å². The van der Waals surface area contributed by atoms with Crippen molar-refractivity contribution in [1.82, 2.24) is 19.1 Å². The first-order valence-corrected chi connectivity index (χ1v) is 21.8. The molecular weight excluding hydrogens is 765 g/mol. The highest BCUT2D eigenvalue weighted by molar-refractivity contribution is 6.42. The fraction of sp³-hybridized carbons (Fsp3) is 0.0508. The summed E-state index contributed by atoms with van der Waals surface area (Å²) in [4.78, 5) is 11.5. The lowest BCUT2D eigenvalue weighted by atomic mass is 9.81. The van der Waals surface area contributed by atoms with Gasteiger partial charge in [0.2, 0.25) is 5.95 Å². The van der Waals surface area contributed by atoms with E-state index in [-0.39, 0.29) is 5.41 Å². The second-order valence-corrected chi connectivity index (χ2v) is 17.6. The van der Waals surface area contributed by atoms with Crippen LogP contribution in [0.1, 0.15) is 25.0 Å². The van der Waals surface area contributed by atoms with Crippen molar-refractivity contribution in [1.29, 1.82) is 0 Å². The molecule has 0 N–H and O–H groups in total. The van der Waals surface area contributed by atoms with E-state index in [9.17, 15) is 0 Å². The Bertz CT molecular complexity index is 4060. The lowest BCUT2D eigenvalue weighted by Gasteiger charge is -2.23. The maximum atomic E-state index is 5.81. The molecule has 0 fully saturated rings. The number of nitrogens with zero attached hydrogens (tertiary/aromatic N) is 4. The van der Waals surface area contributed by atoms with Gasteiger partial charge in [0, 0.05) is 49.4 Å². The quantitative estimate of drug-likeness (QED) is 0.167. The van der Waals surface area contributed by atoms with Gasteiger partial charge in [-0.05, 0) is 66.7 Å². The lowest BCUT2D eigenvalue weighted by molar-refractivity contribution is 0.663. The van der Waals surface area contributed by atoms with Gasteiger partial charge in [-0.25, -0.2) is 4.98 Å². The summed E-state index contributed by atoms with van der Waals surface area (Å²) < 4.78 is 4.80. The molecule has 0 amide bonds. The molecule has 3 aromatic heterocycles. The van der Waals surface area contributed by atoms with Gasteiger partial charge in [-0.3, -0.25) is 9.13 Å². The standard InChI is InChI=1S/C59H38N4/c1-59(2)47-29-15-12-22-38(47)45-32-33-46-53-44-28-11-10-27-43(44)52-41-25-8-6-20-36(41)37-21-7-9-26-42(37)54(52)57(53)63(56(46)55(45)59)58-60-48(35-18-4-3-5-19-35)34-51(61-58)62-49-30-16-13-23-39(49)40-24-14-17-31-50(40)62/h3-34H,1-2H3. The van der Waals surface area contributed by atoms with Crippen molar-refractivity contribution in [3.63, 3.8) is 0 Å². The molecule has 13 aromatic rings. The van der Waals surface area contributed by atoms with Crippen molar-refractivity contribution in [2.75, 3.05) is 0 Å². The van der Waals surface area contributed by atoms with Crippen LogP contribution >= 0.6 is 0 Å². The van der Waals surface area contributed by atoms with Gasteiger partial charge >= 0.3 is 0 Å². The van der Waals surface area contributed by atoms with E-state index in [4.69, 9.17) is 9.97 Å². The second kappa shape index (κ2) is 12.5. The summed E-state index contributed by atoms with van der Waals surface area (Å²) in [6.07, 6.45) is 0. The zero-order valence-corrected chi connectivity index (χ0v) is 34.8. The summed E-state index contributed by atoms with van der Waals surface area (Å²) in [5.74, 6) is 1.46. The highest BCUT2D eigenvalue weighted by Crippen LogP contribution is 2.55. The van der Waals surface area contributed by atoms with E-state index in [1.807, 2.05) is 0 Å². The third-order valence-electron chi connectivity index (χ3n) is 14.1. The number of benzene rings is 10. The third-order valence-corrected chi connectivity index (χ3v) is 14.1. The third kappa shape index (κ3) is 4.54. The minimum atomic E-state index is -0.315. The number of hydrogen-bond acceptors (Lipinski definition) is 2. The molecule has 0 saturated heterocycles. The molecule has 4 nitrogen and oxygen atoms in total. The van der Waals surface area contributed by atoms with Gasteiger partial charge in [-0.15, -0.1) is 0 Å². The number of rotatable bonds is 3. The number of aromatic nitrogens is 4. The molecule has 10 aromatic carbocycles. The molecule has 0 aliphatic heterocycles. The van der Waals surface area contributed by atoms with Crippen molar-refractivity contribution in [2.24, 2.45) is 0 Å². The largest absolute Gasteiger partial charge is 0.294 e. The minimum Gasteiger partial charge on any atom is -0.294 e. The predicted molar refractivity (Wildman–Crippen MR) is 264 cm³/mol. The normalized spacial score (nSPS) is 13.4. The first kappa shape index (κ1) is 34.6. The molecule has 3 heterocycles. The summed E-state index contributed by atoms with van der Waals surface area (Å²) >= 11 is 0. The topological polar surface area (TPSA) is 35.6 Å². The molecule has 0 unspecified atom stereocenters. The fourth-order valence-corrected chi connectivity index (χ4v) is 11.5. The van der Waals surface area contributed by atoms with Crippen LogP contribution in [0.4, 0.5) is 0 Å². The molecule has 0 saturated carbocycles. The smallest absolute Gasteiger partial charge is 0.237 e. The first-order valence-electron chi connectivity index (χ1n) is 21.8. The van der Waals surface area contributed by atoms with Crippen molar-refractivity contribution >= 4 is 86.7 Å². The van der Waals surface area contributed by atoms with E-state index in [1.165, 1.54) is 86.9 Å². The Kier molecular flexibility index (Phi) is 6.87. The first-order chi connectivity index (χ1) is 31.1. The maximum absolute atomic E-state index is 5.81. The van der Waals surface area contributed by atoms with Crippen LogP contribution in [0.3, 0.4) is 0 Å². The van der Waals surface area contributed by atoms with Crippen molar-refractivity contribution in [3.05, 3.63) is 205 Å². The molecule has 0 radical (unpaired) electrons. The van der Waals surface area contributed by atoms with Crippen molar-refractivity contribution in [2.45, 2.75) is 19.3 Å².